The summed E-state index contributed by atoms with van der Waals surface area (Å²) in [6.45, 7) is 2.77. The summed E-state index contributed by atoms with van der Waals surface area (Å²) >= 11 is 0. The van der Waals surface area contributed by atoms with Crippen LogP contribution < -0.4 is 0 Å². The zero-order valence-electron chi connectivity index (χ0n) is 18.0. The van der Waals surface area contributed by atoms with Crippen molar-refractivity contribution in [3.05, 3.63) is 53.4 Å². The molecule has 1 saturated heterocycles. The monoisotopic (exact) mass is 451 g/mol. The Morgan fingerprint density at radius 3 is 2.62 bits per heavy atom. The van der Waals surface area contributed by atoms with E-state index in [1.165, 1.54) is 25.5 Å². The van der Waals surface area contributed by atoms with Gasteiger partial charge in [-0.1, -0.05) is 24.6 Å². The van der Waals surface area contributed by atoms with Crippen LogP contribution in [0.1, 0.15) is 47.4 Å². The summed E-state index contributed by atoms with van der Waals surface area (Å²) in [6.07, 6.45) is 7.44. The van der Waals surface area contributed by atoms with Gasteiger partial charge in [-0.05, 0) is 55.6 Å². The first-order chi connectivity index (χ1) is 15.4. The lowest BCUT2D eigenvalue weighted by Crippen LogP contribution is -2.28. The lowest BCUT2D eigenvalue weighted by molar-refractivity contribution is 0.0994. The second kappa shape index (κ2) is 8.26. The van der Waals surface area contributed by atoms with Crippen molar-refractivity contribution in [1.29, 1.82) is 0 Å². The topological polar surface area (TPSA) is 93.4 Å². The molecule has 0 radical (unpaired) electrons. The first-order valence-corrected chi connectivity index (χ1v) is 12.8. The highest BCUT2D eigenvalue weighted by molar-refractivity contribution is 7.90. The lowest BCUT2D eigenvalue weighted by Gasteiger charge is -2.25. The van der Waals surface area contributed by atoms with Crippen LogP contribution in [0.15, 0.2) is 46.1 Å². The Kier molecular flexibility index (Phi) is 5.43. The van der Waals surface area contributed by atoms with E-state index in [1.807, 2.05) is 24.3 Å². The van der Waals surface area contributed by atoms with Crippen molar-refractivity contribution < 1.29 is 17.6 Å². The van der Waals surface area contributed by atoms with E-state index in [0.29, 0.717) is 24.4 Å². The van der Waals surface area contributed by atoms with E-state index >= 15 is 0 Å². The predicted molar refractivity (Wildman–Crippen MR) is 120 cm³/mol. The fourth-order valence-corrected chi connectivity index (χ4v) is 5.05. The van der Waals surface area contributed by atoms with Crippen molar-refractivity contribution in [2.45, 2.75) is 43.8 Å². The minimum atomic E-state index is -3.55. The summed E-state index contributed by atoms with van der Waals surface area (Å²) in [7, 11) is -3.55. The normalized spacial score (nSPS) is 17.0. The van der Waals surface area contributed by atoms with Crippen LogP contribution in [0, 0.1) is 0 Å². The van der Waals surface area contributed by atoms with Crippen molar-refractivity contribution in [2.24, 2.45) is 0 Å². The quantitative estimate of drug-likeness (QED) is 0.543. The molecule has 7 nitrogen and oxygen atoms in total. The number of furan rings is 1. The first kappa shape index (κ1) is 21.0. The van der Waals surface area contributed by atoms with E-state index in [4.69, 9.17) is 4.42 Å². The fourth-order valence-electron chi connectivity index (χ4n) is 4.53. The number of Topliss-reactive ketones (excluding diaryl/α,β-unsaturated/α-hetero) is 1. The Morgan fingerprint density at radius 2 is 1.84 bits per heavy atom. The molecular formula is C24H25N3O4S. The van der Waals surface area contributed by atoms with Crippen molar-refractivity contribution in [2.75, 3.05) is 19.3 Å². The molecule has 1 aromatic carbocycles. The number of ketones is 1. The van der Waals surface area contributed by atoms with Gasteiger partial charge < -0.3 is 4.42 Å². The molecule has 32 heavy (non-hydrogen) atoms. The van der Waals surface area contributed by atoms with Crippen molar-refractivity contribution in [3.8, 4) is 22.6 Å². The second-order valence-corrected chi connectivity index (χ2v) is 10.5. The maximum absolute atomic E-state index is 12.1. The van der Waals surface area contributed by atoms with Gasteiger partial charge in [-0.2, -0.15) is 0 Å². The number of piperidine rings is 1. The van der Waals surface area contributed by atoms with Gasteiger partial charge in [0.05, 0.1) is 6.54 Å². The molecule has 3 aromatic rings. The molecule has 0 N–H and O–H groups in total. The highest BCUT2D eigenvalue weighted by Crippen LogP contribution is 2.37. The molecule has 0 unspecified atom stereocenters. The van der Waals surface area contributed by atoms with E-state index in [9.17, 15) is 13.2 Å². The average molecular weight is 452 g/mol. The summed E-state index contributed by atoms with van der Waals surface area (Å²) in [5.41, 5.74) is 4.03. The number of carbonyl (C=O) groups excluding carboxylic acids is 1. The molecule has 0 amide bonds. The number of carbonyl (C=O) groups is 1. The fraction of sp³-hybridized carbons (Fsp3) is 0.375. The summed E-state index contributed by atoms with van der Waals surface area (Å²) in [5, 5.41) is -0.227. The maximum Gasteiger partial charge on any atom is 0.247 e. The van der Waals surface area contributed by atoms with Crippen molar-refractivity contribution in [3.63, 3.8) is 0 Å². The minimum absolute atomic E-state index is 0.179. The number of sulfone groups is 1. The molecule has 5 rings (SSSR count). The number of aromatic nitrogens is 2. The van der Waals surface area contributed by atoms with Crippen LogP contribution in [0.25, 0.3) is 22.6 Å². The molecule has 0 saturated carbocycles. The van der Waals surface area contributed by atoms with E-state index in [0.717, 1.165) is 53.8 Å². The van der Waals surface area contributed by atoms with Gasteiger partial charge in [-0.15, -0.1) is 0 Å². The van der Waals surface area contributed by atoms with Gasteiger partial charge in [0.25, 0.3) is 0 Å². The molecule has 166 valence electrons. The Balaban J connectivity index is 1.59. The first-order valence-electron chi connectivity index (χ1n) is 10.9. The number of aryl methyl sites for hydroxylation is 1. The van der Waals surface area contributed by atoms with E-state index in [2.05, 4.69) is 14.9 Å². The highest BCUT2D eigenvalue weighted by Gasteiger charge is 2.24. The van der Waals surface area contributed by atoms with Crippen LogP contribution in [0.3, 0.4) is 0 Å². The number of hydrogen-bond acceptors (Lipinski definition) is 7. The summed E-state index contributed by atoms with van der Waals surface area (Å²) in [5.74, 6) is 1.51. The number of hydrogen-bond donors (Lipinski definition) is 0. The molecule has 0 atom stereocenters. The van der Waals surface area contributed by atoms with E-state index in [1.54, 1.807) is 6.07 Å². The highest BCUT2D eigenvalue weighted by atomic mass is 32.2. The molecule has 1 fully saturated rings. The van der Waals surface area contributed by atoms with Gasteiger partial charge in [0, 0.05) is 30.0 Å². The third-order valence-electron chi connectivity index (χ3n) is 6.15. The van der Waals surface area contributed by atoms with Gasteiger partial charge in [-0.25, -0.2) is 18.4 Å². The molecule has 0 spiro atoms. The van der Waals surface area contributed by atoms with E-state index in [-0.39, 0.29) is 10.9 Å². The van der Waals surface area contributed by atoms with Gasteiger partial charge >= 0.3 is 0 Å². The standard InChI is InChI=1S/C24H25N3O4S/c1-32(29,30)24-25-10-9-21(26-24)23-20(14-18(31-23)15-27-11-3-2-4-12-27)17-5-7-19-16(13-17)6-8-22(19)28/h5,7,9-10,13-14H,2-4,6,8,11-12,15H2,1H3. The van der Waals surface area contributed by atoms with Crippen molar-refractivity contribution >= 4 is 15.6 Å². The number of nitrogens with zero attached hydrogens (tertiary/aromatic N) is 3. The van der Waals surface area contributed by atoms with Crippen LogP contribution >= 0.6 is 0 Å². The van der Waals surface area contributed by atoms with Crippen molar-refractivity contribution in [1.82, 2.24) is 14.9 Å². The summed E-state index contributed by atoms with van der Waals surface area (Å²) in [4.78, 5) is 22.6. The van der Waals surface area contributed by atoms with Crippen LogP contribution in [0.5, 0.6) is 0 Å². The van der Waals surface area contributed by atoms with E-state index < -0.39 is 9.84 Å². The zero-order chi connectivity index (χ0) is 22.3. The van der Waals surface area contributed by atoms with Gasteiger partial charge in [0.1, 0.15) is 11.5 Å². The number of likely N-dealkylation sites (tertiary alicyclic amines) is 1. The average Bonchev–Trinajstić information content (AvgIpc) is 3.37. The molecule has 8 heteroatoms. The Hall–Kier alpha value is -2.84. The van der Waals surface area contributed by atoms with Crippen LogP contribution in [0.2, 0.25) is 0 Å². The predicted octanol–water partition coefficient (Wildman–Crippen LogP) is 3.92. The molecule has 0 bridgehead atoms. The summed E-state index contributed by atoms with van der Waals surface area (Å²) in [6, 6.07) is 9.53. The molecular weight excluding hydrogens is 426 g/mol. The minimum Gasteiger partial charge on any atom is -0.457 e. The second-order valence-electron chi connectivity index (χ2n) is 8.58. The Morgan fingerprint density at radius 1 is 1.03 bits per heavy atom. The number of benzene rings is 1. The molecule has 1 aliphatic heterocycles. The Labute approximate surface area is 187 Å². The lowest BCUT2D eigenvalue weighted by atomic mass is 9.99. The van der Waals surface area contributed by atoms with Gasteiger partial charge in [0.2, 0.25) is 15.0 Å². The maximum atomic E-state index is 12.1. The largest absolute Gasteiger partial charge is 0.457 e. The molecule has 2 aliphatic rings. The third-order valence-corrected chi connectivity index (χ3v) is 7.01. The number of fused-ring (bicyclic) bond motifs is 1. The molecule has 1 aliphatic carbocycles. The third kappa shape index (κ3) is 4.12. The van der Waals surface area contributed by atoms with Crippen LogP contribution in [-0.4, -0.2) is 48.4 Å². The smallest absolute Gasteiger partial charge is 0.247 e. The molecule has 2 aromatic heterocycles. The zero-order valence-corrected chi connectivity index (χ0v) is 18.8. The number of rotatable bonds is 5. The molecule has 3 heterocycles. The van der Waals surface area contributed by atoms with Gasteiger partial charge in [0.15, 0.2) is 11.5 Å². The Bertz CT molecular complexity index is 1290. The van der Waals surface area contributed by atoms with Gasteiger partial charge in [-0.3, -0.25) is 9.69 Å². The summed E-state index contributed by atoms with van der Waals surface area (Å²) < 4.78 is 30.3. The SMILES string of the molecule is CS(=O)(=O)c1nccc(-c2oc(CN3CCCCC3)cc2-c2ccc3c(c2)CCC3=O)n1. The van der Waals surface area contributed by atoms with Crippen LogP contribution in [-0.2, 0) is 22.8 Å². The van der Waals surface area contributed by atoms with Crippen LogP contribution in [0.4, 0.5) is 0 Å².